The number of carbonyl (C=O) groups is 1. The Labute approximate surface area is 133 Å². The molecular weight excluding hydrogens is 302 g/mol. The van der Waals surface area contributed by atoms with Gasteiger partial charge in [0, 0.05) is 24.3 Å². The van der Waals surface area contributed by atoms with E-state index in [9.17, 15) is 13.2 Å². The number of carbonyl (C=O) groups excluding carboxylic acids is 1. The smallest absolute Gasteiger partial charge is 0.241 e. The highest BCUT2D eigenvalue weighted by atomic mass is 32.2. The Hall–Kier alpha value is -0.620. The largest absolute Gasteiger partial charge is 0.378 e. The van der Waals surface area contributed by atoms with Gasteiger partial charge in [-0.15, -0.1) is 0 Å². The molecule has 2 unspecified atom stereocenters. The van der Waals surface area contributed by atoms with Crippen LogP contribution in [0, 0.1) is 5.41 Å². The van der Waals surface area contributed by atoms with Crippen molar-refractivity contribution in [2.45, 2.75) is 75.2 Å². The molecule has 0 radical (unpaired) electrons. The fourth-order valence-electron chi connectivity index (χ4n) is 4.64. The van der Waals surface area contributed by atoms with Crippen molar-refractivity contribution in [1.82, 2.24) is 5.32 Å². The number of rotatable bonds is 5. The van der Waals surface area contributed by atoms with Crippen LogP contribution in [-0.4, -0.2) is 44.1 Å². The lowest BCUT2D eigenvalue weighted by molar-refractivity contribution is -0.146. The Balaban J connectivity index is 1.72. The summed E-state index contributed by atoms with van der Waals surface area (Å²) in [4.78, 5) is 12.7. The van der Waals surface area contributed by atoms with Gasteiger partial charge in [-0.3, -0.25) is 4.79 Å². The first-order valence-electron chi connectivity index (χ1n) is 8.48. The molecule has 1 N–H and O–H groups in total. The van der Waals surface area contributed by atoms with Gasteiger partial charge in [0.2, 0.25) is 5.91 Å². The minimum Gasteiger partial charge on any atom is -0.378 e. The van der Waals surface area contributed by atoms with E-state index in [1.807, 2.05) is 6.92 Å². The summed E-state index contributed by atoms with van der Waals surface area (Å²) < 4.78 is 28.8. The van der Waals surface area contributed by atoms with Gasteiger partial charge in [-0.05, 0) is 45.4 Å². The van der Waals surface area contributed by atoms with Crippen LogP contribution in [0.5, 0.6) is 0 Å². The summed E-state index contributed by atoms with van der Waals surface area (Å²) >= 11 is 0. The van der Waals surface area contributed by atoms with Crippen molar-refractivity contribution in [3.05, 3.63) is 0 Å². The van der Waals surface area contributed by atoms with Crippen LogP contribution >= 0.6 is 0 Å². The van der Waals surface area contributed by atoms with E-state index in [-0.39, 0.29) is 23.5 Å². The molecule has 3 rings (SSSR count). The van der Waals surface area contributed by atoms with Gasteiger partial charge in [-0.2, -0.15) is 0 Å². The molecule has 22 heavy (non-hydrogen) atoms. The van der Waals surface area contributed by atoms with E-state index in [0.717, 1.165) is 25.7 Å². The Morgan fingerprint density at radius 3 is 2.27 bits per heavy atom. The molecule has 0 aliphatic heterocycles. The summed E-state index contributed by atoms with van der Waals surface area (Å²) in [5.74, 6) is -0.271. The highest BCUT2D eigenvalue weighted by molar-refractivity contribution is 7.93. The zero-order valence-corrected chi connectivity index (χ0v) is 14.4. The van der Waals surface area contributed by atoms with Crippen LogP contribution in [0.4, 0.5) is 0 Å². The van der Waals surface area contributed by atoms with E-state index in [4.69, 9.17) is 4.74 Å². The number of hydrogen-bond acceptors (Lipinski definition) is 4. The second-order valence-corrected chi connectivity index (χ2v) is 9.59. The fraction of sp³-hybridized carbons (Fsp3) is 0.938. The Bertz CT molecular complexity index is 546. The minimum atomic E-state index is -3.36. The standard InChI is InChI=1S/C16H27NO4S/c1-3-21-13-11-12(15(13)7-4-5-8-15)17-14(18)16(9-6-10-16)22(2,19)20/h12-13H,3-11H2,1-2H3,(H,17,18). The predicted molar refractivity (Wildman–Crippen MR) is 84.3 cm³/mol. The third-order valence-electron chi connectivity index (χ3n) is 6.28. The molecule has 126 valence electrons. The van der Waals surface area contributed by atoms with E-state index in [2.05, 4.69) is 5.32 Å². The first-order valence-corrected chi connectivity index (χ1v) is 10.4. The highest BCUT2D eigenvalue weighted by Gasteiger charge is 2.60. The molecular formula is C16H27NO4S. The van der Waals surface area contributed by atoms with Crippen LogP contribution in [0.1, 0.15) is 58.3 Å². The van der Waals surface area contributed by atoms with Crippen LogP contribution in [0.25, 0.3) is 0 Å². The quantitative estimate of drug-likeness (QED) is 0.835. The third kappa shape index (κ3) is 2.21. The molecule has 1 spiro atoms. The Morgan fingerprint density at radius 2 is 1.82 bits per heavy atom. The van der Waals surface area contributed by atoms with E-state index < -0.39 is 14.6 Å². The SMILES string of the molecule is CCOC1CC(NC(=O)C2(S(C)(=O)=O)CCC2)C12CCCC2. The molecule has 1 amide bonds. The molecule has 3 aliphatic rings. The first kappa shape index (κ1) is 16.2. The molecule has 3 fully saturated rings. The van der Waals surface area contributed by atoms with Crippen molar-refractivity contribution in [2.24, 2.45) is 5.41 Å². The minimum absolute atomic E-state index is 0.0497. The number of hydrogen-bond donors (Lipinski definition) is 1. The summed E-state index contributed by atoms with van der Waals surface area (Å²) in [6.07, 6.45) is 8.49. The summed E-state index contributed by atoms with van der Waals surface area (Å²) in [6.45, 7) is 2.70. The van der Waals surface area contributed by atoms with Gasteiger partial charge in [0.15, 0.2) is 9.84 Å². The molecule has 0 heterocycles. The van der Waals surface area contributed by atoms with Crippen LogP contribution in [0.3, 0.4) is 0 Å². The fourth-order valence-corrected chi connectivity index (χ4v) is 6.07. The lowest BCUT2D eigenvalue weighted by Crippen LogP contribution is -2.67. The number of nitrogens with one attached hydrogen (secondary N) is 1. The lowest BCUT2D eigenvalue weighted by Gasteiger charge is -2.55. The number of amides is 1. The molecule has 0 aromatic heterocycles. The molecule has 2 atom stereocenters. The molecule has 0 saturated heterocycles. The average molecular weight is 329 g/mol. The van der Waals surface area contributed by atoms with Crippen LogP contribution < -0.4 is 5.32 Å². The third-order valence-corrected chi connectivity index (χ3v) is 8.29. The zero-order valence-electron chi connectivity index (χ0n) is 13.6. The van der Waals surface area contributed by atoms with Crippen molar-refractivity contribution in [3.8, 4) is 0 Å². The maximum atomic E-state index is 12.7. The number of ether oxygens (including phenoxy) is 1. The maximum absolute atomic E-state index is 12.7. The monoisotopic (exact) mass is 329 g/mol. The summed E-state index contributed by atoms with van der Waals surface area (Å²) in [5.41, 5.74) is 0.0497. The van der Waals surface area contributed by atoms with E-state index in [1.54, 1.807) is 0 Å². The molecule has 0 aromatic rings. The first-order chi connectivity index (χ1) is 10.4. The van der Waals surface area contributed by atoms with E-state index in [1.165, 1.54) is 19.1 Å². The van der Waals surface area contributed by atoms with Gasteiger partial charge in [-0.25, -0.2) is 8.42 Å². The van der Waals surface area contributed by atoms with Gasteiger partial charge in [0.25, 0.3) is 0 Å². The zero-order chi connectivity index (χ0) is 16.0. The summed E-state index contributed by atoms with van der Waals surface area (Å²) in [6, 6.07) is 0.0817. The van der Waals surface area contributed by atoms with Crippen LogP contribution in [0.15, 0.2) is 0 Å². The number of sulfone groups is 1. The predicted octanol–water partition coefficient (Wildman–Crippen LogP) is 1.81. The van der Waals surface area contributed by atoms with Gasteiger partial charge in [-0.1, -0.05) is 12.8 Å². The van der Waals surface area contributed by atoms with E-state index >= 15 is 0 Å². The Morgan fingerprint density at radius 1 is 1.18 bits per heavy atom. The highest BCUT2D eigenvalue weighted by Crippen LogP contribution is 2.55. The topological polar surface area (TPSA) is 72.5 Å². The second-order valence-electron chi connectivity index (χ2n) is 7.27. The van der Waals surface area contributed by atoms with E-state index in [0.29, 0.717) is 19.4 Å². The van der Waals surface area contributed by atoms with Crippen molar-refractivity contribution < 1.29 is 17.9 Å². The normalized spacial score (nSPS) is 32.3. The van der Waals surface area contributed by atoms with Gasteiger partial charge in [0.05, 0.1) is 6.10 Å². The lowest BCUT2D eigenvalue weighted by atomic mass is 9.60. The van der Waals surface area contributed by atoms with Crippen molar-refractivity contribution in [1.29, 1.82) is 0 Å². The average Bonchev–Trinajstić information content (AvgIpc) is 2.86. The molecule has 6 heteroatoms. The molecule has 0 bridgehead atoms. The van der Waals surface area contributed by atoms with Crippen molar-refractivity contribution in [2.75, 3.05) is 12.9 Å². The van der Waals surface area contributed by atoms with Crippen LogP contribution in [0.2, 0.25) is 0 Å². The second kappa shape index (κ2) is 5.48. The van der Waals surface area contributed by atoms with Gasteiger partial charge in [0.1, 0.15) is 4.75 Å². The van der Waals surface area contributed by atoms with Crippen LogP contribution in [-0.2, 0) is 19.4 Å². The van der Waals surface area contributed by atoms with Gasteiger partial charge >= 0.3 is 0 Å². The van der Waals surface area contributed by atoms with Gasteiger partial charge < -0.3 is 10.1 Å². The van der Waals surface area contributed by atoms with Crippen molar-refractivity contribution in [3.63, 3.8) is 0 Å². The molecule has 3 aliphatic carbocycles. The molecule has 5 nitrogen and oxygen atoms in total. The summed E-state index contributed by atoms with van der Waals surface area (Å²) in [5, 5.41) is 3.09. The molecule has 0 aromatic carbocycles. The molecule has 3 saturated carbocycles. The summed E-state index contributed by atoms with van der Waals surface area (Å²) in [7, 11) is -3.36. The van der Waals surface area contributed by atoms with Crippen molar-refractivity contribution >= 4 is 15.7 Å². The maximum Gasteiger partial charge on any atom is 0.241 e. The Kier molecular flexibility index (Phi) is 4.05.